The predicted octanol–water partition coefficient (Wildman–Crippen LogP) is 10.1. The summed E-state index contributed by atoms with van der Waals surface area (Å²) in [5, 5.41) is 2.09. The van der Waals surface area contributed by atoms with Crippen LogP contribution in [0.25, 0.3) is 55.6 Å². The molecule has 7 aromatic rings. The number of hydrogen-bond acceptors (Lipinski definition) is 2. The lowest BCUT2D eigenvalue weighted by molar-refractivity contribution is -0.709. The van der Waals surface area contributed by atoms with Crippen LogP contribution in [0.15, 0.2) is 132 Å². The van der Waals surface area contributed by atoms with E-state index in [1.807, 2.05) is 25.1 Å². The fourth-order valence-electron chi connectivity index (χ4n) is 7.94. The third-order valence-electron chi connectivity index (χ3n) is 10.1. The summed E-state index contributed by atoms with van der Waals surface area (Å²) in [5.74, 6) is 0.0322. The number of fused-ring (bicyclic) bond motifs is 13. The van der Waals surface area contributed by atoms with Gasteiger partial charge in [0.25, 0.3) is 0 Å². The minimum absolute atomic E-state index is 0.124. The van der Waals surface area contributed by atoms with Crippen molar-refractivity contribution < 1.29 is 13.4 Å². The Morgan fingerprint density at radius 1 is 0.804 bits per heavy atom. The highest BCUT2D eigenvalue weighted by atomic mass is 19.1. The molecule has 1 aliphatic heterocycles. The second kappa shape index (κ2) is 10.3. The number of aryl methyl sites for hydroxylation is 2. The number of furan rings is 1. The van der Waals surface area contributed by atoms with Gasteiger partial charge in [0.1, 0.15) is 11.4 Å². The lowest BCUT2D eigenvalue weighted by atomic mass is 9.74. The zero-order chi connectivity index (χ0) is 30.9. The van der Waals surface area contributed by atoms with Crippen molar-refractivity contribution in [2.45, 2.75) is 38.1 Å². The molecular weight excluding hydrogens is 567 g/mol. The van der Waals surface area contributed by atoms with Crippen LogP contribution < -0.4 is 4.57 Å². The molecule has 0 N–H and O–H groups in total. The highest BCUT2D eigenvalue weighted by molar-refractivity contribution is 6.09. The topological polar surface area (TPSA) is 29.9 Å². The third-order valence-corrected chi connectivity index (χ3v) is 10.1. The molecule has 2 unspecified atom stereocenters. The molecule has 3 aromatic heterocycles. The molecule has 0 bridgehead atoms. The van der Waals surface area contributed by atoms with Crippen LogP contribution in [0.3, 0.4) is 0 Å². The average Bonchev–Trinajstić information content (AvgIpc) is 3.44. The monoisotopic (exact) mass is 599 g/mol. The molecule has 46 heavy (non-hydrogen) atoms. The van der Waals surface area contributed by atoms with E-state index in [9.17, 15) is 4.39 Å². The number of pyridine rings is 2. The number of benzene rings is 4. The summed E-state index contributed by atoms with van der Waals surface area (Å²) in [5.41, 5.74) is 14.3. The van der Waals surface area contributed by atoms with Crippen LogP contribution in [0.1, 0.15) is 40.8 Å². The van der Waals surface area contributed by atoms with Crippen LogP contribution >= 0.6 is 0 Å². The fraction of sp³-hybridized carbons (Fsp3) is 0.143. The van der Waals surface area contributed by atoms with Crippen LogP contribution in [0.4, 0.5) is 4.39 Å². The quantitative estimate of drug-likeness (QED) is 0.139. The van der Waals surface area contributed by atoms with Crippen LogP contribution in [0.2, 0.25) is 0 Å². The Morgan fingerprint density at radius 2 is 1.59 bits per heavy atom. The molecule has 2 atom stereocenters. The summed E-state index contributed by atoms with van der Waals surface area (Å²) < 4.78 is 23.0. The van der Waals surface area contributed by atoms with E-state index in [1.165, 1.54) is 45.7 Å². The maximum absolute atomic E-state index is 13.9. The first-order valence-electron chi connectivity index (χ1n) is 16.0. The first kappa shape index (κ1) is 27.0. The number of allylic oxidation sites excluding steroid dienone is 1. The maximum Gasteiger partial charge on any atom is 0.227 e. The largest absolute Gasteiger partial charge is 0.437 e. The highest BCUT2D eigenvalue weighted by Gasteiger charge is 2.41. The minimum atomic E-state index is -0.238. The van der Waals surface area contributed by atoms with Crippen molar-refractivity contribution in [2.24, 2.45) is 0 Å². The van der Waals surface area contributed by atoms with Crippen molar-refractivity contribution in [1.29, 1.82) is 0 Å². The van der Waals surface area contributed by atoms with E-state index in [-0.39, 0.29) is 17.8 Å². The Kier molecular flexibility index (Phi) is 6.08. The van der Waals surface area contributed by atoms with Gasteiger partial charge >= 0.3 is 0 Å². The second-order valence-electron chi connectivity index (χ2n) is 12.8. The zero-order valence-electron chi connectivity index (χ0n) is 25.6. The molecule has 0 saturated carbocycles. The van der Waals surface area contributed by atoms with E-state index < -0.39 is 0 Å². The van der Waals surface area contributed by atoms with Crippen LogP contribution in [-0.4, -0.2) is 4.98 Å². The van der Waals surface area contributed by atoms with E-state index in [0.717, 1.165) is 63.6 Å². The minimum Gasteiger partial charge on any atom is -0.437 e. The summed E-state index contributed by atoms with van der Waals surface area (Å²) in [7, 11) is 0. The van der Waals surface area contributed by atoms with Crippen molar-refractivity contribution in [1.82, 2.24) is 4.98 Å². The van der Waals surface area contributed by atoms with Crippen LogP contribution in [-0.2, 0) is 12.8 Å². The number of hydrogen-bond donors (Lipinski definition) is 0. The Bertz CT molecular complexity index is 2350. The van der Waals surface area contributed by atoms with Crippen molar-refractivity contribution in [3.8, 4) is 33.5 Å². The van der Waals surface area contributed by atoms with Gasteiger partial charge in [-0.05, 0) is 101 Å². The maximum atomic E-state index is 13.9. The molecule has 4 aromatic carbocycles. The first-order valence-corrected chi connectivity index (χ1v) is 16.0. The summed E-state index contributed by atoms with van der Waals surface area (Å²) >= 11 is 0. The van der Waals surface area contributed by atoms with Gasteiger partial charge in [-0.1, -0.05) is 61.2 Å². The molecule has 2 aliphatic rings. The van der Waals surface area contributed by atoms with Crippen LogP contribution in [0.5, 0.6) is 0 Å². The SMILES string of the molecule is C=C1Cc2ccc(-c3ccc(F)cc3)cc2-c2c(ccc3c2oc2nc(C)ccc23)CCC2c3ccccc3-c3cccc[n+]3C12. The van der Waals surface area contributed by atoms with Gasteiger partial charge in [-0.2, -0.15) is 4.57 Å². The summed E-state index contributed by atoms with van der Waals surface area (Å²) in [4.78, 5) is 4.76. The fourth-order valence-corrected chi connectivity index (χ4v) is 7.94. The number of halogens is 1. The molecule has 0 fully saturated rings. The summed E-state index contributed by atoms with van der Waals surface area (Å²) in [6, 6.07) is 37.6. The molecule has 222 valence electrons. The first-order chi connectivity index (χ1) is 22.5. The Labute approximate surface area is 267 Å². The van der Waals surface area contributed by atoms with E-state index in [4.69, 9.17) is 16.0 Å². The van der Waals surface area contributed by atoms with E-state index in [1.54, 1.807) is 0 Å². The highest BCUT2D eigenvalue weighted by Crippen LogP contribution is 2.47. The van der Waals surface area contributed by atoms with E-state index in [2.05, 4.69) is 89.6 Å². The molecule has 0 amide bonds. The smallest absolute Gasteiger partial charge is 0.227 e. The van der Waals surface area contributed by atoms with Gasteiger partial charge in [0.2, 0.25) is 11.4 Å². The molecule has 1 aliphatic carbocycles. The van der Waals surface area contributed by atoms with Crippen LogP contribution in [0, 0.1) is 12.7 Å². The third kappa shape index (κ3) is 4.17. The number of nitrogens with zero attached hydrogens (tertiary/aromatic N) is 2. The average molecular weight is 600 g/mol. The van der Waals surface area contributed by atoms with E-state index >= 15 is 0 Å². The van der Waals surface area contributed by atoms with Gasteiger partial charge in [-0.3, -0.25) is 0 Å². The molecular formula is C42H32FN2O+. The van der Waals surface area contributed by atoms with E-state index in [0.29, 0.717) is 5.71 Å². The molecule has 4 heteroatoms. The standard InChI is InChI=1S/C42H32FN2O/c1-25-23-30-12-11-29(27-13-17-31(43)18-14-27)24-37(30)39-28(16-21-35-36-19-10-26(2)44-42(36)46-41(35)39)15-20-34-32-7-3-4-8-33(32)38-9-5-6-22-45(38)40(25)34/h3-14,16-19,21-22,24,34,40H,1,15,20,23H2,2H3/q+1. The normalized spacial score (nSPS) is 17.1. The Balaban J connectivity index is 1.30. The van der Waals surface area contributed by atoms with Crippen molar-refractivity contribution >= 4 is 22.1 Å². The van der Waals surface area contributed by atoms with Gasteiger partial charge < -0.3 is 4.42 Å². The lowest BCUT2D eigenvalue weighted by Gasteiger charge is -2.33. The van der Waals surface area contributed by atoms with Gasteiger partial charge in [-0.25, -0.2) is 9.37 Å². The van der Waals surface area contributed by atoms with Crippen molar-refractivity contribution in [3.63, 3.8) is 0 Å². The molecule has 3 nitrogen and oxygen atoms in total. The Hall–Kier alpha value is -5.35. The molecule has 4 heterocycles. The van der Waals surface area contributed by atoms with Crippen molar-refractivity contribution in [2.75, 3.05) is 0 Å². The predicted molar refractivity (Wildman–Crippen MR) is 182 cm³/mol. The number of rotatable bonds is 1. The van der Waals surface area contributed by atoms with Crippen molar-refractivity contribution in [3.05, 3.63) is 156 Å². The molecule has 9 rings (SSSR count). The number of aromatic nitrogens is 2. The Morgan fingerprint density at radius 3 is 2.48 bits per heavy atom. The lowest BCUT2D eigenvalue weighted by Crippen LogP contribution is -2.48. The molecule has 0 radical (unpaired) electrons. The zero-order valence-corrected chi connectivity index (χ0v) is 25.6. The molecule has 0 spiro atoms. The summed E-state index contributed by atoms with van der Waals surface area (Å²) in [6.45, 7) is 6.80. The second-order valence-corrected chi connectivity index (χ2v) is 12.8. The summed E-state index contributed by atoms with van der Waals surface area (Å²) in [6.07, 6.45) is 4.78. The van der Waals surface area contributed by atoms with Gasteiger partial charge in [-0.15, -0.1) is 0 Å². The molecule has 0 saturated heterocycles. The van der Waals surface area contributed by atoms with Gasteiger partial charge in [0, 0.05) is 46.1 Å². The van der Waals surface area contributed by atoms with Gasteiger partial charge in [0.05, 0.1) is 5.92 Å². The van der Waals surface area contributed by atoms with Gasteiger partial charge in [0.15, 0.2) is 12.2 Å².